The highest BCUT2D eigenvalue weighted by Gasteiger charge is 2.04. The summed E-state index contributed by atoms with van der Waals surface area (Å²) in [6.07, 6.45) is 0. The molecule has 0 aliphatic rings. The molecule has 2 N–H and O–H groups in total. The van der Waals surface area contributed by atoms with Gasteiger partial charge in [-0.15, -0.1) is 0 Å². The van der Waals surface area contributed by atoms with Crippen LogP contribution in [-0.4, -0.2) is 13.1 Å². The summed E-state index contributed by atoms with van der Waals surface area (Å²) in [5.74, 6) is 0.542. The minimum atomic E-state index is 0.542. The SMILES string of the molecule is Cc1ccc(C)c(NCCNc2ccccc2C(C)C)c1. The van der Waals surface area contributed by atoms with E-state index in [1.54, 1.807) is 0 Å². The van der Waals surface area contributed by atoms with Crippen molar-refractivity contribution >= 4 is 11.4 Å². The van der Waals surface area contributed by atoms with Gasteiger partial charge in [0.1, 0.15) is 0 Å². The lowest BCUT2D eigenvalue weighted by molar-refractivity contribution is 0.865. The van der Waals surface area contributed by atoms with Crippen LogP contribution in [0.4, 0.5) is 11.4 Å². The lowest BCUT2D eigenvalue weighted by Crippen LogP contribution is -2.15. The molecule has 0 bridgehead atoms. The Morgan fingerprint density at radius 3 is 2.24 bits per heavy atom. The van der Waals surface area contributed by atoms with Crippen molar-refractivity contribution in [2.45, 2.75) is 33.6 Å². The van der Waals surface area contributed by atoms with Gasteiger partial charge in [0.15, 0.2) is 0 Å². The first-order valence-corrected chi connectivity index (χ1v) is 7.72. The molecule has 0 atom stereocenters. The van der Waals surface area contributed by atoms with E-state index in [1.165, 1.54) is 28.1 Å². The molecular formula is C19H26N2. The maximum atomic E-state index is 3.54. The van der Waals surface area contributed by atoms with Gasteiger partial charge in [0.25, 0.3) is 0 Å². The topological polar surface area (TPSA) is 24.1 Å². The summed E-state index contributed by atoms with van der Waals surface area (Å²) in [5, 5.41) is 7.05. The summed E-state index contributed by atoms with van der Waals surface area (Å²) in [6.45, 7) is 10.6. The van der Waals surface area contributed by atoms with Gasteiger partial charge in [-0.2, -0.15) is 0 Å². The van der Waals surface area contributed by atoms with Crippen LogP contribution in [0.3, 0.4) is 0 Å². The third-order valence-electron chi connectivity index (χ3n) is 3.73. The molecule has 2 heteroatoms. The van der Waals surface area contributed by atoms with E-state index in [-0.39, 0.29) is 0 Å². The Balaban J connectivity index is 1.89. The smallest absolute Gasteiger partial charge is 0.0375 e. The van der Waals surface area contributed by atoms with Crippen molar-refractivity contribution in [1.29, 1.82) is 0 Å². The van der Waals surface area contributed by atoms with Crippen molar-refractivity contribution in [2.24, 2.45) is 0 Å². The van der Waals surface area contributed by atoms with E-state index in [2.05, 4.69) is 80.8 Å². The van der Waals surface area contributed by atoms with Crippen LogP contribution in [0, 0.1) is 13.8 Å². The van der Waals surface area contributed by atoms with Crippen molar-refractivity contribution in [3.8, 4) is 0 Å². The molecule has 0 aromatic heterocycles. The summed E-state index contributed by atoms with van der Waals surface area (Å²) in [7, 11) is 0. The molecule has 2 rings (SSSR count). The molecular weight excluding hydrogens is 256 g/mol. The highest BCUT2D eigenvalue weighted by atomic mass is 14.9. The van der Waals surface area contributed by atoms with Gasteiger partial charge in [0.2, 0.25) is 0 Å². The fraction of sp³-hybridized carbons (Fsp3) is 0.368. The summed E-state index contributed by atoms with van der Waals surface area (Å²) >= 11 is 0. The number of hydrogen-bond acceptors (Lipinski definition) is 2. The minimum Gasteiger partial charge on any atom is -0.383 e. The second-order valence-electron chi connectivity index (χ2n) is 5.91. The number of anilines is 2. The van der Waals surface area contributed by atoms with Gasteiger partial charge in [0.05, 0.1) is 0 Å². The van der Waals surface area contributed by atoms with Gasteiger partial charge in [-0.3, -0.25) is 0 Å². The Morgan fingerprint density at radius 2 is 1.52 bits per heavy atom. The lowest BCUT2D eigenvalue weighted by atomic mass is 10.0. The first kappa shape index (κ1) is 15.4. The van der Waals surface area contributed by atoms with Gasteiger partial charge in [0, 0.05) is 24.5 Å². The molecule has 112 valence electrons. The van der Waals surface area contributed by atoms with Crippen molar-refractivity contribution < 1.29 is 0 Å². The molecule has 0 aliphatic heterocycles. The summed E-state index contributed by atoms with van der Waals surface area (Å²) in [4.78, 5) is 0. The monoisotopic (exact) mass is 282 g/mol. The molecule has 0 amide bonds. The second kappa shape index (κ2) is 7.16. The Hall–Kier alpha value is -1.96. The third-order valence-corrected chi connectivity index (χ3v) is 3.73. The number of rotatable bonds is 6. The van der Waals surface area contributed by atoms with E-state index in [4.69, 9.17) is 0 Å². The Bertz CT molecular complexity index is 588. The average Bonchev–Trinajstić information content (AvgIpc) is 2.47. The van der Waals surface area contributed by atoms with Gasteiger partial charge in [-0.05, 0) is 48.6 Å². The highest BCUT2D eigenvalue weighted by molar-refractivity contribution is 5.54. The average molecular weight is 282 g/mol. The largest absolute Gasteiger partial charge is 0.383 e. The Labute approximate surface area is 128 Å². The molecule has 2 nitrogen and oxygen atoms in total. The lowest BCUT2D eigenvalue weighted by Gasteiger charge is -2.15. The summed E-state index contributed by atoms with van der Waals surface area (Å²) in [5.41, 5.74) is 6.44. The summed E-state index contributed by atoms with van der Waals surface area (Å²) < 4.78 is 0. The van der Waals surface area contributed by atoms with Crippen LogP contribution < -0.4 is 10.6 Å². The van der Waals surface area contributed by atoms with Crippen LogP contribution in [0.5, 0.6) is 0 Å². The predicted molar refractivity (Wildman–Crippen MR) is 93.4 cm³/mol. The molecule has 0 spiro atoms. The Kier molecular flexibility index (Phi) is 5.26. The van der Waals surface area contributed by atoms with Crippen LogP contribution >= 0.6 is 0 Å². The molecule has 21 heavy (non-hydrogen) atoms. The van der Waals surface area contributed by atoms with Crippen LogP contribution in [-0.2, 0) is 0 Å². The number of aryl methyl sites for hydroxylation is 2. The normalized spacial score (nSPS) is 10.7. The van der Waals surface area contributed by atoms with Gasteiger partial charge in [-0.1, -0.05) is 44.2 Å². The molecule has 0 unspecified atom stereocenters. The second-order valence-corrected chi connectivity index (χ2v) is 5.91. The molecule has 0 saturated heterocycles. The number of nitrogens with one attached hydrogen (secondary N) is 2. The van der Waals surface area contributed by atoms with Crippen molar-refractivity contribution in [3.05, 3.63) is 59.2 Å². The Morgan fingerprint density at radius 1 is 0.857 bits per heavy atom. The van der Waals surface area contributed by atoms with Gasteiger partial charge < -0.3 is 10.6 Å². The van der Waals surface area contributed by atoms with Crippen LogP contribution in [0.1, 0.15) is 36.5 Å². The quantitative estimate of drug-likeness (QED) is 0.732. The number of para-hydroxylation sites is 1. The van der Waals surface area contributed by atoms with E-state index in [1.807, 2.05) is 0 Å². The van der Waals surface area contributed by atoms with E-state index in [0.29, 0.717) is 5.92 Å². The molecule has 2 aromatic carbocycles. The third kappa shape index (κ3) is 4.25. The van der Waals surface area contributed by atoms with Crippen molar-refractivity contribution in [3.63, 3.8) is 0 Å². The van der Waals surface area contributed by atoms with Crippen molar-refractivity contribution in [1.82, 2.24) is 0 Å². The maximum absolute atomic E-state index is 3.54. The fourth-order valence-corrected chi connectivity index (χ4v) is 2.48. The van der Waals surface area contributed by atoms with Crippen LogP contribution in [0.15, 0.2) is 42.5 Å². The molecule has 0 aliphatic carbocycles. The van der Waals surface area contributed by atoms with E-state index >= 15 is 0 Å². The molecule has 0 saturated carbocycles. The molecule has 0 fully saturated rings. The number of hydrogen-bond donors (Lipinski definition) is 2. The molecule has 0 radical (unpaired) electrons. The van der Waals surface area contributed by atoms with E-state index in [9.17, 15) is 0 Å². The zero-order valence-corrected chi connectivity index (χ0v) is 13.5. The maximum Gasteiger partial charge on any atom is 0.0375 e. The minimum absolute atomic E-state index is 0.542. The van der Waals surface area contributed by atoms with Crippen molar-refractivity contribution in [2.75, 3.05) is 23.7 Å². The number of benzene rings is 2. The highest BCUT2D eigenvalue weighted by Crippen LogP contribution is 2.23. The van der Waals surface area contributed by atoms with Crippen LogP contribution in [0.2, 0.25) is 0 Å². The van der Waals surface area contributed by atoms with E-state index in [0.717, 1.165) is 13.1 Å². The van der Waals surface area contributed by atoms with E-state index < -0.39 is 0 Å². The fourth-order valence-electron chi connectivity index (χ4n) is 2.48. The summed E-state index contributed by atoms with van der Waals surface area (Å²) in [6, 6.07) is 15.1. The zero-order valence-electron chi connectivity index (χ0n) is 13.5. The predicted octanol–water partition coefficient (Wildman–Crippen LogP) is 4.95. The van der Waals surface area contributed by atoms with Gasteiger partial charge >= 0.3 is 0 Å². The first-order valence-electron chi connectivity index (χ1n) is 7.72. The molecule has 2 aromatic rings. The standard InChI is InChI=1S/C19H26N2/c1-14(2)17-7-5-6-8-18(17)20-11-12-21-19-13-15(3)9-10-16(19)4/h5-10,13-14,20-21H,11-12H2,1-4H3. The molecule has 0 heterocycles. The van der Waals surface area contributed by atoms with Gasteiger partial charge in [-0.25, -0.2) is 0 Å². The first-order chi connectivity index (χ1) is 10.1. The van der Waals surface area contributed by atoms with Crippen LogP contribution in [0.25, 0.3) is 0 Å². The zero-order chi connectivity index (χ0) is 15.2.